The zero-order chi connectivity index (χ0) is 11.4. The second-order valence-electron chi connectivity index (χ2n) is 5.62. The molecule has 2 aliphatic rings. The number of rotatable bonds is 3. The normalized spacial score (nSPS) is 38.2. The van der Waals surface area contributed by atoms with Gasteiger partial charge in [0.05, 0.1) is 0 Å². The highest BCUT2D eigenvalue weighted by Gasteiger charge is 2.32. The summed E-state index contributed by atoms with van der Waals surface area (Å²) in [5, 5.41) is 0.775. The van der Waals surface area contributed by atoms with Crippen LogP contribution in [0.5, 0.6) is 0 Å². The van der Waals surface area contributed by atoms with Gasteiger partial charge in [0.15, 0.2) is 0 Å². The maximum Gasteiger partial charge on any atom is 0.0357 e. The summed E-state index contributed by atoms with van der Waals surface area (Å²) in [7, 11) is 0. The Morgan fingerprint density at radius 3 is 2.44 bits per heavy atom. The number of thioether (sulfide) groups is 1. The molecule has 3 N–H and O–H groups in total. The molecule has 0 amide bonds. The Balaban J connectivity index is 1.88. The van der Waals surface area contributed by atoms with Crippen LogP contribution in [0.15, 0.2) is 0 Å². The molecule has 1 aliphatic carbocycles. The minimum atomic E-state index is 0.567. The predicted molar refractivity (Wildman–Crippen MR) is 72.3 cm³/mol. The van der Waals surface area contributed by atoms with Gasteiger partial charge < -0.3 is 0 Å². The van der Waals surface area contributed by atoms with E-state index in [2.05, 4.69) is 24.1 Å². The van der Waals surface area contributed by atoms with E-state index < -0.39 is 0 Å². The third kappa shape index (κ3) is 3.14. The average molecular weight is 242 g/mol. The van der Waals surface area contributed by atoms with Crippen molar-refractivity contribution in [2.75, 3.05) is 5.75 Å². The van der Waals surface area contributed by atoms with Gasteiger partial charge in [-0.2, -0.15) is 11.8 Å². The van der Waals surface area contributed by atoms with Gasteiger partial charge in [-0.1, -0.05) is 26.2 Å². The van der Waals surface area contributed by atoms with Crippen LogP contribution in [-0.2, 0) is 0 Å². The monoisotopic (exact) mass is 242 g/mol. The van der Waals surface area contributed by atoms with Gasteiger partial charge in [0.2, 0.25) is 0 Å². The number of hydrazine groups is 1. The number of hydrogen-bond acceptors (Lipinski definition) is 3. The number of nitrogens with one attached hydrogen (secondary N) is 1. The van der Waals surface area contributed by atoms with Crippen LogP contribution < -0.4 is 11.3 Å². The number of hydrogen-bond donors (Lipinski definition) is 2. The van der Waals surface area contributed by atoms with E-state index in [9.17, 15) is 0 Å². The van der Waals surface area contributed by atoms with Crippen molar-refractivity contribution in [2.45, 2.75) is 63.2 Å². The van der Waals surface area contributed by atoms with E-state index in [0.29, 0.717) is 6.04 Å². The molecule has 0 spiro atoms. The first kappa shape index (κ1) is 12.7. The van der Waals surface area contributed by atoms with Crippen LogP contribution in [0, 0.1) is 11.8 Å². The molecule has 0 aromatic heterocycles. The Morgan fingerprint density at radius 1 is 1.12 bits per heavy atom. The summed E-state index contributed by atoms with van der Waals surface area (Å²) < 4.78 is 0. The van der Waals surface area contributed by atoms with Gasteiger partial charge in [0, 0.05) is 11.3 Å². The molecule has 16 heavy (non-hydrogen) atoms. The highest BCUT2D eigenvalue weighted by atomic mass is 32.2. The molecule has 0 radical (unpaired) electrons. The summed E-state index contributed by atoms with van der Waals surface area (Å²) >= 11 is 2.15. The molecule has 0 aromatic carbocycles. The van der Waals surface area contributed by atoms with Crippen molar-refractivity contribution in [3.8, 4) is 0 Å². The van der Waals surface area contributed by atoms with Crippen LogP contribution in [0.25, 0.3) is 0 Å². The standard InChI is InChI=1S/C13H26N2S/c1-10-5-7-11(8-6-10)13(15-14)12-4-2-3-9-16-12/h10-13,15H,2-9,14H2,1H3. The van der Waals surface area contributed by atoms with E-state index in [0.717, 1.165) is 17.1 Å². The molecule has 0 bridgehead atoms. The molecule has 2 rings (SSSR count). The first-order valence-electron chi connectivity index (χ1n) is 6.89. The number of nitrogens with two attached hydrogens (primary N) is 1. The molecule has 2 unspecified atom stereocenters. The van der Waals surface area contributed by atoms with Gasteiger partial charge in [-0.15, -0.1) is 0 Å². The van der Waals surface area contributed by atoms with Crippen LogP contribution in [0.2, 0.25) is 0 Å². The lowest BCUT2D eigenvalue weighted by molar-refractivity contribution is 0.223. The highest BCUT2D eigenvalue weighted by molar-refractivity contribution is 8.00. The van der Waals surface area contributed by atoms with Crippen molar-refractivity contribution in [3.63, 3.8) is 0 Å². The molecule has 94 valence electrons. The molecule has 1 aliphatic heterocycles. The largest absolute Gasteiger partial charge is 0.271 e. The van der Waals surface area contributed by atoms with Crippen molar-refractivity contribution in [2.24, 2.45) is 17.7 Å². The van der Waals surface area contributed by atoms with Crippen LogP contribution in [0.3, 0.4) is 0 Å². The van der Waals surface area contributed by atoms with Crippen molar-refractivity contribution >= 4 is 11.8 Å². The molecular formula is C13H26N2S. The summed E-state index contributed by atoms with van der Waals surface area (Å²) in [6.07, 6.45) is 9.74. The highest BCUT2D eigenvalue weighted by Crippen LogP contribution is 2.36. The fraction of sp³-hybridized carbons (Fsp3) is 1.00. The third-order valence-electron chi connectivity index (χ3n) is 4.38. The van der Waals surface area contributed by atoms with E-state index in [4.69, 9.17) is 5.84 Å². The SMILES string of the molecule is CC1CCC(C(NN)C2CCCCS2)CC1. The third-order valence-corrected chi connectivity index (χ3v) is 5.86. The first-order valence-corrected chi connectivity index (χ1v) is 7.94. The van der Waals surface area contributed by atoms with Gasteiger partial charge in [-0.05, 0) is 43.3 Å². The average Bonchev–Trinajstić information content (AvgIpc) is 2.34. The Bertz CT molecular complexity index is 196. The molecule has 0 aromatic rings. The predicted octanol–water partition coefficient (Wildman–Crippen LogP) is 2.93. The lowest BCUT2D eigenvalue weighted by Gasteiger charge is -2.38. The van der Waals surface area contributed by atoms with Gasteiger partial charge in [0.1, 0.15) is 0 Å². The second kappa shape index (κ2) is 6.27. The fourth-order valence-corrected chi connectivity index (χ4v) is 4.76. The van der Waals surface area contributed by atoms with Crippen molar-refractivity contribution < 1.29 is 0 Å². The van der Waals surface area contributed by atoms with Crippen LogP contribution in [0.4, 0.5) is 0 Å². The summed E-state index contributed by atoms with van der Waals surface area (Å²) in [5.74, 6) is 8.91. The topological polar surface area (TPSA) is 38.0 Å². The molecule has 2 nitrogen and oxygen atoms in total. The Hall–Kier alpha value is 0.270. The molecule has 1 saturated carbocycles. The van der Waals surface area contributed by atoms with Crippen molar-refractivity contribution in [1.29, 1.82) is 0 Å². The van der Waals surface area contributed by atoms with Gasteiger partial charge in [-0.3, -0.25) is 11.3 Å². The summed E-state index contributed by atoms with van der Waals surface area (Å²) in [6, 6.07) is 0.567. The zero-order valence-electron chi connectivity index (χ0n) is 10.5. The van der Waals surface area contributed by atoms with Crippen LogP contribution in [0.1, 0.15) is 51.9 Å². The van der Waals surface area contributed by atoms with Crippen molar-refractivity contribution in [3.05, 3.63) is 0 Å². The maximum absolute atomic E-state index is 5.81. The van der Waals surface area contributed by atoms with E-state index in [1.807, 2.05) is 0 Å². The molecule has 1 heterocycles. The van der Waals surface area contributed by atoms with E-state index in [1.165, 1.54) is 50.7 Å². The molecule has 3 heteroatoms. The van der Waals surface area contributed by atoms with E-state index in [1.54, 1.807) is 0 Å². The lowest BCUT2D eigenvalue weighted by atomic mass is 9.78. The van der Waals surface area contributed by atoms with E-state index >= 15 is 0 Å². The van der Waals surface area contributed by atoms with Gasteiger partial charge in [0.25, 0.3) is 0 Å². The maximum atomic E-state index is 5.81. The molecular weight excluding hydrogens is 216 g/mol. The summed E-state index contributed by atoms with van der Waals surface area (Å²) in [4.78, 5) is 0. The van der Waals surface area contributed by atoms with Crippen LogP contribution >= 0.6 is 11.8 Å². The second-order valence-corrected chi connectivity index (χ2v) is 6.96. The van der Waals surface area contributed by atoms with E-state index in [-0.39, 0.29) is 0 Å². The molecule has 2 atom stereocenters. The minimum absolute atomic E-state index is 0.567. The zero-order valence-corrected chi connectivity index (χ0v) is 11.3. The summed E-state index contributed by atoms with van der Waals surface area (Å²) in [6.45, 7) is 2.39. The Morgan fingerprint density at radius 2 is 1.88 bits per heavy atom. The Kier molecular flexibility index (Phi) is 4.98. The minimum Gasteiger partial charge on any atom is -0.271 e. The Labute approximate surface area is 104 Å². The molecule has 2 fully saturated rings. The van der Waals surface area contributed by atoms with Gasteiger partial charge in [-0.25, -0.2) is 0 Å². The molecule has 1 saturated heterocycles. The smallest absolute Gasteiger partial charge is 0.0357 e. The van der Waals surface area contributed by atoms with Gasteiger partial charge >= 0.3 is 0 Å². The first-order chi connectivity index (χ1) is 7.81. The fourth-order valence-electron chi connectivity index (χ4n) is 3.24. The quantitative estimate of drug-likeness (QED) is 0.590. The summed E-state index contributed by atoms with van der Waals surface area (Å²) in [5.41, 5.74) is 3.14. The van der Waals surface area contributed by atoms with Crippen LogP contribution in [-0.4, -0.2) is 17.0 Å². The lowest BCUT2D eigenvalue weighted by Crippen LogP contribution is -2.49. The van der Waals surface area contributed by atoms with Crippen molar-refractivity contribution in [1.82, 2.24) is 5.43 Å².